The molecule has 2 N–H and O–H groups in total. The number of amides is 1. The molecule has 3 aromatic rings. The number of carbonyl (C=O) groups excluding carboxylic acids is 1. The third-order valence-electron chi connectivity index (χ3n) is 4.23. The van der Waals surface area contributed by atoms with Gasteiger partial charge < -0.3 is 9.84 Å². The third-order valence-corrected chi connectivity index (χ3v) is 5.20. The van der Waals surface area contributed by atoms with Gasteiger partial charge in [-0.25, -0.2) is 9.67 Å². The van der Waals surface area contributed by atoms with Gasteiger partial charge in [-0.1, -0.05) is 11.6 Å². The number of pyridine rings is 2. The third kappa shape index (κ3) is 5.02. The summed E-state index contributed by atoms with van der Waals surface area (Å²) < 4.78 is 6.64. The highest BCUT2D eigenvalue weighted by atomic mass is 35.5. The molecule has 3 rings (SSSR count). The molecular weight excluding hydrogens is 430 g/mol. The molecule has 11 heteroatoms. The lowest BCUT2D eigenvalue weighted by molar-refractivity contribution is 0.102. The van der Waals surface area contributed by atoms with Gasteiger partial charge in [-0.15, -0.1) is 5.10 Å². The molecule has 0 aliphatic rings. The molecule has 0 radical (unpaired) electrons. The number of aryl methyl sites for hydroxylation is 2. The van der Waals surface area contributed by atoms with Gasteiger partial charge in [0, 0.05) is 36.2 Å². The zero-order valence-electron chi connectivity index (χ0n) is 16.4. The SMILES string of the molecule is COc1cnc(Cl)cc1-c1cc(C)ncc1C(=O)Nc1nn(CCCCO)c(=O)s1. The van der Waals surface area contributed by atoms with E-state index < -0.39 is 5.91 Å². The van der Waals surface area contributed by atoms with Crippen LogP contribution in [0.15, 0.2) is 29.3 Å². The number of methoxy groups -OCH3 is 1. The summed E-state index contributed by atoms with van der Waals surface area (Å²) >= 11 is 6.89. The number of anilines is 1. The van der Waals surface area contributed by atoms with Crippen molar-refractivity contribution >= 4 is 34.0 Å². The van der Waals surface area contributed by atoms with E-state index >= 15 is 0 Å². The molecule has 0 fully saturated rings. The average Bonchev–Trinajstić information content (AvgIpc) is 3.06. The number of nitrogens with one attached hydrogen (secondary N) is 1. The van der Waals surface area contributed by atoms with Gasteiger partial charge >= 0.3 is 4.87 Å². The summed E-state index contributed by atoms with van der Waals surface area (Å²) in [4.78, 5) is 33.0. The van der Waals surface area contributed by atoms with Crippen LogP contribution in [0.4, 0.5) is 5.13 Å². The highest BCUT2D eigenvalue weighted by Crippen LogP contribution is 2.34. The highest BCUT2D eigenvalue weighted by Gasteiger charge is 2.19. The van der Waals surface area contributed by atoms with Gasteiger partial charge in [0.1, 0.15) is 10.9 Å². The topological polar surface area (TPSA) is 119 Å². The van der Waals surface area contributed by atoms with Gasteiger partial charge in [0.2, 0.25) is 5.13 Å². The number of hydrogen-bond donors (Lipinski definition) is 2. The molecule has 0 saturated heterocycles. The van der Waals surface area contributed by atoms with Gasteiger partial charge in [-0.05, 0) is 43.2 Å². The van der Waals surface area contributed by atoms with Crippen LogP contribution < -0.4 is 14.9 Å². The lowest BCUT2D eigenvalue weighted by Gasteiger charge is -2.13. The Hall–Kier alpha value is -2.82. The number of unbranched alkanes of at least 4 members (excludes halogenated alkanes) is 1. The van der Waals surface area contributed by atoms with Crippen LogP contribution in [-0.2, 0) is 6.54 Å². The van der Waals surface area contributed by atoms with E-state index in [2.05, 4.69) is 20.4 Å². The number of aliphatic hydroxyl groups is 1. The quantitative estimate of drug-likeness (QED) is 0.400. The van der Waals surface area contributed by atoms with E-state index in [1.165, 1.54) is 24.2 Å². The van der Waals surface area contributed by atoms with Crippen molar-refractivity contribution in [1.82, 2.24) is 19.7 Å². The Bertz CT molecular complexity index is 1110. The van der Waals surface area contributed by atoms with Crippen LogP contribution in [-0.4, -0.2) is 44.5 Å². The highest BCUT2D eigenvalue weighted by molar-refractivity contribution is 7.13. The number of rotatable bonds is 8. The molecule has 3 heterocycles. The normalized spacial score (nSPS) is 10.8. The van der Waals surface area contributed by atoms with E-state index in [1.54, 1.807) is 19.1 Å². The van der Waals surface area contributed by atoms with Crippen LogP contribution in [0.5, 0.6) is 5.75 Å². The van der Waals surface area contributed by atoms with Crippen molar-refractivity contribution in [3.63, 3.8) is 0 Å². The van der Waals surface area contributed by atoms with Crippen LogP contribution in [0.1, 0.15) is 28.9 Å². The Morgan fingerprint density at radius 2 is 2.07 bits per heavy atom. The Kier molecular flexibility index (Phi) is 7.14. The molecule has 30 heavy (non-hydrogen) atoms. The van der Waals surface area contributed by atoms with Gasteiger partial charge in [0.15, 0.2) is 0 Å². The smallest absolute Gasteiger partial charge is 0.326 e. The van der Waals surface area contributed by atoms with Gasteiger partial charge in [-0.3, -0.25) is 19.9 Å². The first-order valence-corrected chi connectivity index (χ1v) is 10.3. The van der Waals surface area contributed by atoms with Crippen LogP contribution in [0, 0.1) is 6.92 Å². The average molecular weight is 450 g/mol. The maximum atomic E-state index is 13.0. The minimum absolute atomic E-state index is 0.0498. The fourth-order valence-electron chi connectivity index (χ4n) is 2.79. The fourth-order valence-corrected chi connectivity index (χ4v) is 3.63. The molecule has 0 aliphatic heterocycles. The summed E-state index contributed by atoms with van der Waals surface area (Å²) in [5.74, 6) is -0.0133. The lowest BCUT2D eigenvalue weighted by Crippen LogP contribution is -2.16. The van der Waals surface area contributed by atoms with Crippen LogP contribution in [0.3, 0.4) is 0 Å². The second-order valence-corrected chi connectivity index (χ2v) is 7.69. The minimum Gasteiger partial charge on any atom is -0.494 e. The number of aromatic nitrogens is 4. The Morgan fingerprint density at radius 1 is 1.27 bits per heavy atom. The molecule has 0 spiro atoms. The number of hydrogen-bond acceptors (Lipinski definition) is 8. The van der Waals surface area contributed by atoms with Gasteiger partial charge in [-0.2, -0.15) is 0 Å². The van der Waals surface area contributed by atoms with Crippen molar-refractivity contribution in [2.45, 2.75) is 26.3 Å². The first-order chi connectivity index (χ1) is 14.4. The van der Waals surface area contributed by atoms with E-state index in [-0.39, 0.29) is 27.3 Å². The van der Waals surface area contributed by atoms with Gasteiger partial charge in [0.25, 0.3) is 5.91 Å². The standard InChI is InChI=1S/C19H20ClN5O4S/c1-11-7-12(13-8-16(20)22-10-15(13)29-2)14(9-21-11)17(27)23-18-24-25(19(28)30-18)5-3-4-6-26/h7-10,26H,3-6H2,1-2H3,(H,23,24,27). The second-order valence-electron chi connectivity index (χ2n) is 6.36. The zero-order chi connectivity index (χ0) is 21.7. The molecule has 0 aromatic carbocycles. The first kappa shape index (κ1) is 21.9. The molecule has 0 saturated carbocycles. The molecule has 0 atom stereocenters. The van der Waals surface area contributed by atoms with E-state index in [0.29, 0.717) is 42.0 Å². The summed E-state index contributed by atoms with van der Waals surface area (Å²) in [5.41, 5.74) is 2.14. The Labute approximate surface area is 181 Å². The summed E-state index contributed by atoms with van der Waals surface area (Å²) in [5, 5.41) is 16.1. The number of ether oxygens (including phenoxy) is 1. The van der Waals surface area contributed by atoms with Crippen LogP contribution in [0.2, 0.25) is 5.15 Å². The fraction of sp³-hybridized carbons (Fsp3) is 0.316. The van der Waals surface area contributed by atoms with Gasteiger partial charge in [0.05, 0.1) is 18.9 Å². The van der Waals surface area contributed by atoms with Crippen LogP contribution in [0.25, 0.3) is 11.1 Å². The molecule has 3 aromatic heterocycles. The molecule has 0 bridgehead atoms. The molecule has 0 unspecified atom stereocenters. The number of aliphatic hydroxyl groups excluding tert-OH is 1. The summed E-state index contributed by atoms with van der Waals surface area (Å²) in [6.07, 6.45) is 4.12. The number of nitrogens with zero attached hydrogens (tertiary/aromatic N) is 4. The monoisotopic (exact) mass is 449 g/mol. The van der Waals surface area contributed by atoms with Crippen molar-refractivity contribution in [2.24, 2.45) is 0 Å². The molecular formula is C19H20ClN5O4S. The minimum atomic E-state index is -0.469. The number of halogens is 1. The molecule has 1 amide bonds. The van der Waals surface area contributed by atoms with E-state index in [1.807, 2.05) is 0 Å². The maximum Gasteiger partial charge on any atom is 0.326 e. The predicted octanol–water partition coefficient (Wildman–Crippen LogP) is 2.76. The Balaban J connectivity index is 1.92. The van der Waals surface area contributed by atoms with E-state index in [4.69, 9.17) is 21.4 Å². The van der Waals surface area contributed by atoms with Crippen molar-refractivity contribution < 1.29 is 14.6 Å². The van der Waals surface area contributed by atoms with Crippen molar-refractivity contribution in [2.75, 3.05) is 19.0 Å². The van der Waals surface area contributed by atoms with E-state index in [0.717, 1.165) is 11.3 Å². The zero-order valence-corrected chi connectivity index (χ0v) is 18.0. The second kappa shape index (κ2) is 9.79. The van der Waals surface area contributed by atoms with E-state index in [9.17, 15) is 9.59 Å². The summed E-state index contributed by atoms with van der Waals surface area (Å²) in [6, 6.07) is 3.36. The summed E-state index contributed by atoms with van der Waals surface area (Å²) in [7, 11) is 1.50. The predicted molar refractivity (Wildman–Crippen MR) is 114 cm³/mol. The molecule has 0 aliphatic carbocycles. The first-order valence-electron chi connectivity index (χ1n) is 9.09. The number of carbonyl (C=O) groups is 1. The molecule has 158 valence electrons. The lowest BCUT2D eigenvalue weighted by atomic mass is 10.0. The van der Waals surface area contributed by atoms with Crippen molar-refractivity contribution in [3.05, 3.63) is 50.6 Å². The molecule has 9 nitrogen and oxygen atoms in total. The Morgan fingerprint density at radius 3 is 2.80 bits per heavy atom. The maximum absolute atomic E-state index is 13.0. The van der Waals surface area contributed by atoms with Crippen LogP contribution >= 0.6 is 22.9 Å². The van der Waals surface area contributed by atoms with Crippen molar-refractivity contribution in [1.29, 1.82) is 0 Å². The van der Waals surface area contributed by atoms with Crippen molar-refractivity contribution in [3.8, 4) is 16.9 Å². The largest absolute Gasteiger partial charge is 0.494 e. The summed E-state index contributed by atoms with van der Waals surface area (Å²) in [6.45, 7) is 2.23.